The van der Waals surface area contributed by atoms with Gasteiger partial charge in [0.25, 0.3) is 0 Å². The Morgan fingerprint density at radius 3 is 2.39 bits per heavy atom. The molecule has 4 atom stereocenters. The zero-order valence-electron chi connectivity index (χ0n) is 10.3. The molecule has 4 rings (SSSR count). The van der Waals surface area contributed by atoms with E-state index in [2.05, 4.69) is 61.5 Å². The van der Waals surface area contributed by atoms with E-state index in [9.17, 15) is 0 Å². The molecule has 2 aliphatic rings. The highest BCUT2D eigenvalue weighted by Gasteiger charge is 2.70. The number of hydrogen-bond donors (Lipinski definition) is 0. The van der Waals surface area contributed by atoms with Gasteiger partial charge in [-0.3, -0.25) is 0 Å². The summed E-state index contributed by atoms with van der Waals surface area (Å²) >= 11 is 6.67. The number of benzene rings is 2. The lowest BCUT2D eigenvalue weighted by atomic mass is 9.86. The minimum Gasteiger partial charge on any atom is -0.117 e. The van der Waals surface area contributed by atoms with E-state index in [0.717, 1.165) is 0 Å². The van der Waals surface area contributed by atoms with Crippen LogP contribution in [0.2, 0.25) is 0 Å². The maximum atomic E-state index is 6.67. The fraction of sp³-hybridized carbons (Fsp3) is 0.294. The third-order valence-corrected chi connectivity index (χ3v) is 5.45. The smallest absolute Gasteiger partial charge is 0.0631 e. The van der Waals surface area contributed by atoms with Crippen LogP contribution in [0.1, 0.15) is 29.0 Å². The highest BCUT2D eigenvalue weighted by Crippen LogP contribution is 2.74. The second-order valence-corrected chi connectivity index (χ2v) is 6.01. The molecule has 1 heteroatoms. The summed E-state index contributed by atoms with van der Waals surface area (Å²) in [5.74, 6) is 1.22. The molecular formula is C17H15Cl. The molecule has 1 fully saturated rings. The number of halogens is 1. The van der Waals surface area contributed by atoms with Crippen LogP contribution in [0.25, 0.3) is 0 Å². The Balaban J connectivity index is 1.97. The molecular weight excluding hydrogens is 240 g/mol. The van der Waals surface area contributed by atoms with Crippen molar-refractivity contribution in [2.24, 2.45) is 11.8 Å². The summed E-state index contributed by atoms with van der Waals surface area (Å²) in [5.41, 5.74) is 4.41. The van der Waals surface area contributed by atoms with Gasteiger partial charge in [0.1, 0.15) is 0 Å². The summed E-state index contributed by atoms with van der Waals surface area (Å²) in [6.45, 7) is 2.34. The largest absolute Gasteiger partial charge is 0.117 e. The lowest BCUT2D eigenvalue weighted by molar-refractivity contribution is 0.729. The van der Waals surface area contributed by atoms with E-state index in [-0.39, 0.29) is 10.8 Å². The molecule has 0 aromatic heterocycles. The Morgan fingerprint density at radius 2 is 1.61 bits per heavy atom. The molecule has 0 saturated heterocycles. The molecule has 0 radical (unpaired) electrons. The maximum Gasteiger partial charge on any atom is 0.0631 e. The molecule has 0 bridgehead atoms. The minimum atomic E-state index is 0.177. The van der Waals surface area contributed by atoms with Gasteiger partial charge in [-0.25, -0.2) is 0 Å². The first-order valence-corrected chi connectivity index (χ1v) is 7.00. The Hall–Kier alpha value is -1.27. The average molecular weight is 255 g/mol. The quantitative estimate of drug-likeness (QED) is 0.656. The molecule has 0 spiro atoms. The Labute approximate surface area is 113 Å². The van der Waals surface area contributed by atoms with Gasteiger partial charge in [-0.05, 0) is 28.5 Å². The van der Waals surface area contributed by atoms with Gasteiger partial charge in [0.15, 0.2) is 0 Å². The molecule has 2 aliphatic carbocycles. The van der Waals surface area contributed by atoms with Crippen molar-refractivity contribution >= 4 is 11.6 Å². The van der Waals surface area contributed by atoms with Gasteiger partial charge in [-0.15, -0.1) is 11.6 Å². The average Bonchev–Trinajstić information content (AvgIpc) is 2.95. The van der Waals surface area contributed by atoms with Gasteiger partial charge < -0.3 is 0 Å². The summed E-state index contributed by atoms with van der Waals surface area (Å²) < 4.78 is 0. The van der Waals surface area contributed by atoms with E-state index >= 15 is 0 Å². The SMILES string of the molecule is C[C@@H]1C2[C@H](Cl)c3ccccc3[C@@]21c1ccccc1. The Morgan fingerprint density at radius 1 is 0.944 bits per heavy atom. The van der Waals surface area contributed by atoms with E-state index in [1.54, 1.807) is 0 Å². The highest BCUT2D eigenvalue weighted by molar-refractivity contribution is 6.22. The molecule has 90 valence electrons. The molecule has 18 heavy (non-hydrogen) atoms. The predicted molar refractivity (Wildman–Crippen MR) is 74.9 cm³/mol. The molecule has 0 N–H and O–H groups in total. The third kappa shape index (κ3) is 1.04. The van der Waals surface area contributed by atoms with Crippen LogP contribution in [0.15, 0.2) is 54.6 Å². The monoisotopic (exact) mass is 254 g/mol. The van der Waals surface area contributed by atoms with Crippen LogP contribution in [0, 0.1) is 11.8 Å². The van der Waals surface area contributed by atoms with Gasteiger partial charge in [-0.1, -0.05) is 61.5 Å². The molecule has 1 saturated carbocycles. The fourth-order valence-corrected chi connectivity index (χ4v) is 4.74. The molecule has 0 aliphatic heterocycles. The van der Waals surface area contributed by atoms with E-state index in [0.29, 0.717) is 11.8 Å². The standard InChI is InChI=1S/C17H15Cl/c1-11-15-16(18)13-9-5-6-10-14(13)17(11,15)12-7-3-2-4-8-12/h2-11,15-16H,1H3/t11-,15?,16-,17-/m1/s1. The van der Waals surface area contributed by atoms with E-state index in [1.807, 2.05) is 0 Å². The maximum absolute atomic E-state index is 6.67. The number of fused-ring (bicyclic) bond motifs is 3. The van der Waals surface area contributed by atoms with Crippen LogP contribution < -0.4 is 0 Å². The summed E-state index contributed by atoms with van der Waals surface area (Å²) in [6, 6.07) is 19.6. The topological polar surface area (TPSA) is 0 Å². The van der Waals surface area contributed by atoms with Crippen LogP contribution in [-0.2, 0) is 5.41 Å². The fourth-order valence-electron chi connectivity index (χ4n) is 4.14. The normalized spacial score (nSPS) is 36.0. The first kappa shape index (κ1) is 10.6. The first-order chi connectivity index (χ1) is 8.78. The molecule has 2 aromatic rings. The van der Waals surface area contributed by atoms with Crippen LogP contribution in [0.3, 0.4) is 0 Å². The van der Waals surface area contributed by atoms with Gasteiger partial charge in [0, 0.05) is 5.41 Å². The van der Waals surface area contributed by atoms with Crippen molar-refractivity contribution in [3.63, 3.8) is 0 Å². The van der Waals surface area contributed by atoms with Gasteiger partial charge >= 0.3 is 0 Å². The van der Waals surface area contributed by atoms with Gasteiger partial charge in [0.2, 0.25) is 0 Å². The second kappa shape index (κ2) is 3.39. The van der Waals surface area contributed by atoms with Crippen LogP contribution in [0.4, 0.5) is 0 Å². The molecule has 2 aromatic carbocycles. The van der Waals surface area contributed by atoms with Crippen LogP contribution in [0.5, 0.6) is 0 Å². The van der Waals surface area contributed by atoms with Crippen molar-refractivity contribution in [2.45, 2.75) is 17.7 Å². The lowest BCUT2D eigenvalue weighted by Crippen LogP contribution is -2.11. The summed E-state index contributed by atoms with van der Waals surface area (Å²) in [5, 5.41) is 0.177. The molecule has 1 unspecified atom stereocenters. The van der Waals surface area contributed by atoms with E-state index in [1.165, 1.54) is 16.7 Å². The molecule has 0 amide bonds. The van der Waals surface area contributed by atoms with Crippen LogP contribution in [-0.4, -0.2) is 0 Å². The molecule has 0 heterocycles. The predicted octanol–water partition coefficient (Wildman–Crippen LogP) is 4.53. The lowest BCUT2D eigenvalue weighted by Gasteiger charge is -2.18. The van der Waals surface area contributed by atoms with Crippen molar-refractivity contribution in [2.75, 3.05) is 0 Å². The zero-order chi connectivity index (χ0) is 12.3. The Bertz CT molecular complexity index is 604. The van der Waals surface area contributed by atoms with Crippen molar-refractivity contribution in [3.05, 3.63) is 71.3 Å². The summed E-state index contributed by atoms with van der Waals surface area (Å²) in [7, 11) is 0. The van der Waals surface area contributed by atoms with Gasteiger partial charge in [0.05, 0.1) is 5.38 Å². The number of alkyl halides is 1. The van der Waals surface area contributed by atoms with Crippen molar-refractivity contribution in [1.82, 2.24) is 0 Å². The Kier molecular flexibility index (Phi) is 2.00. The van der Waals surface area contributed by atoms with E-state index in [4.69, 9.17) is 11.6 Å². The molecule has 0 nitrogen and oxygen atoms in total. The number of rotatable bonds is 1. The highest BCUT2D eigenvalue weighted by atomic mass is 35.5. The van der Waals surface area contributed by atoms with E-state index < -0.39 is 0 Å². The van der Waals surface area contributed by atoms with Crippen molar-refractivity contribution in [1.29, 1.82) is 0 Å². The second-order valence-electron chi connectivity index (χ2n) is 5.54. The van der Waals surface area contributed by atoms with Crippen molar-refractivity contribution in [3.8, 4) is 0 Å². The zero-order valence-corrected chi connectivity index (χ0v) is 11.1. The minimum absolute atomic E-state index is 0.177. The number of hydrogen-bond acceptors (Lipinski definition) is 0. The summed E-state index contributed by atoms with van der Waals surface area (Å²) in [6.07, 6.45) is 0. The van der Waals surface area contributed by atoms with Crippen LogP contribution >= 0.6 is 11.6 Å². The third-order valence-electron chi connectivity index (χ3n) is 4.94. The summed E-state index contributed by atoms with van der Waals surface area (Å²) in [4.78, 5) is 0. The van der Waals surface area contributed by atoms with Crippen molar-refractivity contribution < 1.29 is 0 Å². The van der Waals surface area contributed by atoms with Gasteiger partial charge in [-0.2, -0.15) is 0 Å². The first-order valence-electron chi connectivity index (χ1n) is 6.57.